The van der Waals surface area contributed by atoms with Gasteiger partial charge in [-0.1, -0.05) is 91.3 Å². The number of halogens is 2. The summed E-state index contributed by atoms with van der Waals surface area (Å²) < 4.78 is 28.1. The van der Waals surface area contributed by atoms with E-state index in [2.05, 4.69) is 49.8 Å². The van der Waals surface area contributed by atoms with Crippen molar-refractivity contribution in [1.82, 2.24) is 0 Å². The third kappa shape index (κ3) is 8.47. The van der Waals surface area contributed by atoms with Gasteiger partial charge in [0.25, 0.3) is 0 Å². The molecule has 0 saturated heterocycles. The second-order valence-electron chi connectivity index (χ2n) is 12.0. The predicted octanol–water partition coefficient (Wildman–Crippen LogP) is 9.71. The lowest BCUT2D eigenvalue weighted by atomic mass is 9.92. The number of hydrogen-bond acceptors (Lipinski definition) is 3. The Balaban J connectivity index is 1.62. The Morgan fingerprint density at radius 1 is 0.805 bits per heavy atom. The zero-order valence-electron chi connectivity index (χ0n) is 24.5. The molecule has 0 saturated carbocycles. The Labute approximate surface area is 253 Å². The smallest absolute Gasteiger partial charge is 0.192 e. The molecule has 0 aliphatic rings. The highest BCUT2D eigenvalue weighted by atomic mass is 79.9. The van der Waals surface area contributed by atoms with Crippen LogP contribution in [0.1, 0.15) is 58.9 Å². The van der Waals surface area contributed by atoms with Gasteiger partial charge in [0.05, 0.1) is 6.61 Å². The predicted molar refractivity (Wildman–Crippen MR) is 171 cm³/mol. The zero-order chi connectivity index (χ0) is 29.6. The Morgan fingerprint density at radius 3 is 2.17 bits per heavy atom. The summed E-state index contributed by atoms with van der Waals surface area (Å²) in [5, 5.41) is 0.0676. The second-order valence-corrected chi connectivity index (χ2v) is 17.7. The van der Waals surface area contributed by atoms with Gasteiger partial charge in [-0.2, -0.15) is 0 Å². The van der Waals surface area contributed by atoms with E-state index in [1.54, 1.807) is 6.07 Å². The lowest BCUT2D eigenvalue weighted by Gasteiger charge is -2.36. The molecule has 41 heavy (non-hydrogen) atoms. The van der Waals surface area contributed by atoms with Gasteiger partial charge in [0, 0.05) is 16.5 Å². The van der Waals surface area contributed by atoms with Crippen molar-refractivity contribution in [3.8, 4) is 5.75 Å². The number of hydrogen-bond donors (Lipinski definition) is 0. The highest BCUT2D eigenvalue weighted by Gasteiger charge is 2.37. The average Bonchev–Trinajstić information content (AvgIpc) is 2.93. The van der Waals surface area contributed by atoms with Gasteiger partial charge in [0.15, 0.2) is 14.1 Å². The van der Waals surface area contributed by atoms with Crippen LogP contribution in [-0.2, 0) is 30.5 Å². The molecule has 0 atom stereocenters. The van der Waals surface area contributed by atoms with Crippen molar-refractivity contribution in [2.45, 2.75) is 65.0 Å². The van der Waals surface area contributed by atoms with E-state index in [1.165, 1.54) is 12.1 Å². The first-order chi connectivity index (χ1) is 19.4. The number of carbonyl (C=O) groups is 1. The Kier molecular flexibility index (Phi) is 10.0. The minimum atomic E-state index is -2.02. The third-order valence-electron chi connectivity index (χ3n) is 7.85. The lowest BCUT2D eigenvalue weighted by molar-refractivity contribution is 0.0991. The quantitative estimate of drug-likeness (QED) is 0.122. The lowest BCUT2D eigenvalue weighted by Crippen LogP contribution is -2.40. The molecule has 4 aromatic carbocycles. The van der Waals surface area contributed by atoms with Crippen molar-refractivity contribution in [3.63, 3.8) is 0 Å². The Bertz CT molecular complexity index is 1480. The molecule has 0 heterocycles. The van der Waals surface area contributed by atoms with Crippen molar-refractivity contribution in [3.05, 3.63) is 135 Å². The highest BCUT2D eigenvalue weighted by Crippen LogP contribution is 2.37. The summed E-state index contributed by atoms with van der Waals surface area (Å²) in [6.07, 6.45) is 0.689. The molecule has 0 aliphatic carbocycles. The summed E-state index contributed by atoms with van der Waals surface area (Å²) in [7, 11) is -2.02. The first kappa shape index (κ1) is 30.9. The molecule has 0 amide bonds. The normalized spacial score (nSPS) is 11.9. The molecule has 0 fully saturated rings. The van der Waals surface area contributed by atoms with Crippen molar-refractivity contribution < 1.29 is 18.3 Å². The van der Waals surface area contributed by atoms with E-state index in [9.17, 15) is 9.18 Å². The summed E-state index contributed by atoms with van der Waals surface area (Å²) in [4.78, 5) is 13.4. The first-order valence-electron chi connectivity index (χ1n) is 13.9. The van der Waals surface area contributed by atoms with Crippen LogP contribution in [0.3, 0.4) is 0 Å². The number of ketones is 1. The van der Waals surface area contributed by atoms with Gasteiger partial charge < -0.3 is 9.16 Å². The van der Waals surface area contributed by atoms with Gasteiger partial charge in [-0.15, -0.1) is 0 Å². The van der Waals surface area contributed by atoms with E-state index >= 15 is 0 Å². The largest absolute Gasteiger partial charge is 0.489 e. The molecular weight excluding hydrogens is 595 g/mol. The maximum atomic E-state index is 14.4. The molecule has 0 aromatic heterocycles. The molecule has 4 rings (SSSR count). The fraction of sp³-hybridized carbons (Fsp3) is 0.286. The fourth-order valence-corrected chi connectivity index (χ4v) is 5.48. The van der Waals surface area contributed by atoms with Crippen molar-refractivity contribution in [2.24, 2.45) is 0 Å². The fourth-order valence-electron chi connectivity index (χ4n) is 4.26. The summed E-state index contributed by atoms with van der Waals surface area (Å²) in [5.74, 6) is 0.236. The van der Waals surface area contributed by atoms with Crippen LogP contribution in [0.15, 0.2) is 95.5 Å². The van der Waals surface area contributed by atoms with Crippen molar-refractivity contribution >= 4 is 30.0 Å². The summed E-state index contributed by atoms with van der Waals surface area (Å²) in [6.45, 7) is 12.1. The number of ether oxygens (including phenoxy) is 1. The molecule has 0 spiro atoms. The molecule has 0 unspecified atom stereocenters. The van der Waals surface area contributed by atoms with Gasteiger partial charge in [-0.3, -0.25) is 4.79 Å². The molecule has 214 valence electrons. The van der Waals surface area contributed by atoms with Gasteiger partial charge >= 0.3 is 0 Å². The van der Waals surface area contributed by atoms with Gasteiger partial charge in [-0.05, 0) is 88.8 Å². The molecule has 0 radical (unpaired) electrons. The van der Waals surface area contributed by atoms with E-state index in [1.807, 2.05) is 72.8 Å². The SMILES string of the molecule is CC(C)(C)[Si](C)(C)OCc1cc(OCc2ccccc2)ccc1Cc1ccc(F)cc1C(=O)Cc1ccc(Br)cc1. The molecule has 3 nitrogen and oxygen atoms in total. The number of benzene rings is 4. The monoisotopic (exact) mass is 632 g/mol. The average molecular weight is 634 g/mol. The van der Waals surface area contributed by atoms with Gasteiger partial charge in [0.1, 0.15) is 18.2 Å². The standard InChI is InChI=1S/C35H38BrFO3Si/c1-35(2,3)41(4,5)40-24-29-21-32(39-23-26-9-7-6-8-10-26)18-14-27(29)20-28-13-17-31(37)22-33(28)34(38)19-25-11-15-30(36)16-12-25/h6-18,21-22H,19-20,23-24H2,1-5H3. The van der Waals surface area contributed by atoms with Crippen LogP contribution in [0.25, 0.3) is 0 Å². The highest BCUT2D eigenvalue weighted by molar-refractivity contribution is 9.10. The molecule has 0 bridgehead atoms. The maximum Gasteiger partial charge on any atom is 0.192 e. The van der Waals surface area contributed by atoms with E-state index < -0.39 is 14.1 Å². The molecule has 6 heteroatoms. The second kappa shape index (κ2) is 13.3. The minimum Gasteiger partial charge on any atom is -0.489 e. The van der Waals surface area contributed by atoms with Crippen LogP contribution in [0.2, 0.25) is 18.1 Å². The molecule has 0 aliphatic heterocycles. The van der Waals surface area contributed by atoms with E-state index in [4.69, 9.17) is 9.16 Å². The van der Waals surface area contributed by atoms with Crippen LogP contribution >= 0.6 is 15.9 Å². The van der Waals surface area contributed by atoms with E-state index in [0.29, 0.717) is 25.2 Å². The summed E-state index contributed by atoms with van der Waals surface area (Å²) in [5.41, 5.74) is 5.22. The van der Waals surface area contributed by atoms with Crippen LogP contribution in [0.4, 0.5) is 4.39 Å². The van der Waals surface area contributed by atoms with Crippen LogP contribution in [0, 0.1) is 5.82 Å². The molecular formula is C35H38BrFO3Si. The maximum absolute atomic E-state index is 14.4. The Morgan fingerprint density at radius 2 is 1.49 bits per heavy atom. The van der Waals surface area contributed by atoms with Gasteiger partial charge in [-0.25, -0.2) is 4.39 Å². The minimum absolute atomic E-state index is 0.0676. The summed E-state index contributed by atoms with van der Waals surface area (Å²) >= 11 is 3.43. The van der Waals surface area contributed by atoms with Crippen molar-refractivity contribution in [1.29, 1.82) is 0 Å². The topological polar surface area (TPSA) is 35.5 Å². The Hall–Kier alpha value is -3.06. The van der Waals surface area contributed by atoms with Crippen molar-refractivity contribution in [2.75, 3.05) is 0 Å². The summed E-state index contributed by atoms with van der Waals surface area (Å²) in [6, 6.07) is 28.2. The third-order valence-corrected chi connectivity index (χ3v) is 12.9. The zero-order valence-corrected chi connectivity index (χ0v) is 27.1. The van der Waals surface area contributed by atoms with Crippen LogP contribution in [0.5, 0.6) is 5.75 Å². The van der Waals surface area contributed by atoms with Gasteiger partial charge in [0.2, 0.25) is 0 Å². The van der Waals surface area contributed by atoms with E-state index in [0.717, 1.165) is 38.0 Å². The van der Waals surface area contributed by atoms with E-state index in [-0.39, 0.29) is 17.2 Å². The van der Waals surface area contributed by atoms with Crippen LogP contribution in [-0.4, -0.2) is 14.1 Å². The number of Topliss-reactive ketones (excluding diaryl/α,β-unsaturated/α-hetero) is 1. The molecule has 4 aromatic rings. The number of carbonyl (C=O) groups excluding carboxylic acids is 1. The van der Waals surface area contributed by atoms with Crippen LogP contribution < -0.4 is 4.74 Å². The molecule has 0 N–H and O–H groups in total. The first-order valence-corrected chi connectivity index (χ1v) is 17.6. The number of rotatable bonds is 11.